The van der Waals surface area contributed by atoms with Crippen LogP contribution in [0.5, 0.6) is 5.75 Å². The van der Waals surface area contributed by atoms with E-state index in [-0.39, 0.29) is 17.8 Å². The highest BCUT2D eigenvalue weighted by atomic mass is 32.2. The summed E-state index contributed by atoms with van der Waals surface area (Å²) >= 11 is 2.58. The van der Waals surface area contributed by atoms with E-state index in [1.54, 1.807) is 5.51 Å². The van der Waals surface area contributed by atoms with Crippen molar-refractivity contribution in [1.82, 2.24) is 25.0 Å². The van der Waals surface area contributed by atoms with E-state index in [1.165, 1.54) is 28.7 Å². The van der Waals surface area contributed by atoms with E-state index < -0.39 is 0 Å². The standard InChI is InChI=1S/C17H20N6O2S2/c1-10-6-5-7-13(11(10)2)25-12(3)15-20-22-17(23(15)4)26-8-14(24)19-16-21-18-9-27-16/h5-7,9,12H,8H2,1-4H3,(H,19,21,24). The maximum absolute atomic E-state index is 12.0. The fraction of sp³-hybridized carbons (Fsp3) is 0.353. The van der Waals surface area contributed by atoms with Gasteiger partial charge in [0.15, 0.2) is 17.1 Å². The molecule has 3 rings (SSSR count). The number of benzene rings is 1. The molecule has 3 aromatic rings. The zero-order valence-electron chi connectivity index (χ0n) is 15.5. The molecule has 10 heteroatoms. The lowest BCUT2D eigenvalue weighted by atomic mass is 10.1. The monoisotopic (exact) mass is 404 g/mol. The van der Waals surface area contributed by atoms with Crippen LogP contribution in [0, 0.1) is 13.8 Å². The maximum Gasteiger partial charge on any atom is 0.236 e. The van der Waals surface area contributed by atoms with Crippen LogP contribution in [0.25, 0.3) is 0 Å². The number of nitrogens with one attached hydrogen (secondary N) is 1. The molecule has 0 saturated carbocycles. The molecule has 1 atom stereocenters. The number of rotatable bonds is 7. The average molecular weight is 405 g/mol. The van der Waals surface area contributed by atoms with Crippen LogP contribution in [-0.2, 0) is 11.8 Å². The van der Waals surface area contributed by atoms with Crippen LogP contribution in [0.2, 0.25) is 0 Å². The van der Waals surface area contributed by atoms with E-state index in [4.69, 9.17) is 4.74 Å². The molecule has 27 heavy (non-hydrogen) atoms. The molecule has 0 bridgehead atoms. The summed E-state index contributed by atoms with van der Waals surface area (Å²) in [4.78, 5) is 12.0. The third-order valence-corrected chi connectivity index (χ3v) is 5.66. The Bertz CT molecular complexity index is 926. The zero-order chi connectivity index (χ0) is 19.4. The second-order valence-electron chi connectivity index (χ2n) is 5.94. The fourth-order valence-corrected chi connectivity index (χ4v) is 3.59. The summed E-state index contributed by atoms with van der Waals surface area (Å²) in [6.07, 6.45) is -0.271. The number of anilines is 1. The molecule has 0 aliphatic heterocycles. The number of nitrogens with zero attached hydrogens (tertiary/aromatic N) is 5. The second kappa shape index (κ2) is 8.49. The first-order valence-corrected chi connectivity index (χ1v) is 10.1. The highest BCUT2D eigenvalue weighted by Crippen LogP contribution is 2.27. The van der Waals surface area contributed by atoms with Crippen LogP contribution >= 0.6 is 23.1 Å². The molecule has 0 aliphatic carbocycles. The van der Waals surface area contributed by atoms with Gasteiger partial charge in [-0.2, -0.15) is 0 Å². The van der Waals surface area contributed by atoms with E-state index in [9.17, 15) is 4.79 Å². The summed E-state index contributed by atoms with van der Waals surface area (Å²) in [7, 11) is 1.86. The number of aromatic nitrogens is 5. The third kappa shape index (κ3) is 4.64. The minimum atomic E-state index is -0.271. The van der Waals surface area contributed by atoms with Crippen molar-refractivity contribution < 1.29 is 9.53 Å². The quantitative estimate of drug-likeness (QED) is 0.604. The van der Waals surface area contributed by atoms with Gasteiger partial charge in [-0.3, -0.25) is 10.1 Å². The number of hydrogen-bond acceptors (Lipinski definition) is 8. The molecule has 1 N–H and O–H groups in total. The van der Waals surface area contributed by atoms with E-state index in [0.717, 1.165) is 11.3 Å². The highest BCUT2D eigenvalue weighted by Gasteiger charge is 2.19. The van der Waals surface area contributed by atoms with Gasteiger partial charge in [0.1, 0.15) is 11.3 Å². The normalized spacial score (nSPS) is 12.0. The molecule has 2 aromatic heterocycles. The van der Waals surface area contributed by atoms with Crippen molar-refractivity contribution in [2.45, 2.75) is 32.0 Å². The Labute approximate surface area is 165 Å². The van der Waals surface area contributed by atoms with Crippen LogP contribution in [-0.4, -0.2) is 36.6 Å². The van der Waals surface area contributed by atoms with Gasteiger partial charge in [0.2, 0.25) is 11.0 Å². The molecule has 0 radical (unpaired) electrons. The minimum Gasteiger partial charge on any atom is -0.482 e. The lowest BCUT2D eigenvalue weighted by molar-refractivity contribution is -0.113. The predicted molar refractivity (Wildman–Crippen MR) is 105 cm³/mol. The first-order chi connectivity index (χ1) is 13.0. The molecule has 0 saturated heterocycles. The molecule has 8 nitrogen and oxygen atoms in total. The first kappa shape index (κ1) is 19.3. The predicted octanol–water partition coefficient (Wildman–Crippen LogP) is 3.15. The van der Waals surface area contributed by atoms with E-state index in [1.807, 2.05) is 37.6 Å². The van der Waals surface area contributed by atoms with Crippen LogP contribution in [0.1, 0.15) is 30.0 Å². The Morgan fingerprint density at radius 1 is 1.33 bits per heavy atom. The summed E-state index contributed by atoms with van der Waals surface area (Å²) < 4.78 is 7.92. The lowest BCUT2D eigenvalue weighted by Crippen LogP contribution is -2.14. The smallest absolute Gasteiger partial charge is 0.236 e. The molecule has 1 amide bonds. The summed E-state index contributed by atoms with van der Waals surface area (Å²) in [6, 6.07) is 5.97. The van der Waals surface area contributed by atoms with Gasteiger partial charge < -0.3 is 9.30 Å². The van der Waals surface area contributed by atoms with Crippen LogP contribution < -0.4 is 10.1 Å². The van der Waals surface area contributed by atoms with Crippen LogP contribution in [0.15, 0.2) is 28.9 Å². The Kier molecular flexibility index (Phi) is 6.07. The molecule has 0 spiro atoms. The molecular weight excluding hydrogens is 384 g/mol. The van der Waals surface area contributed by atoms with Gasteiger partial charge in [-0.05, 0) is 38.0 Å². The largest absolute Gasteiger partial charge is 0.482 e. The number of ether oxygens (including phenoxy) is 1. The number of hydrogen-bond donors (Lipinski definition) is 1. The van der Waals surface area contributed by atoms with E-state index in [0.29, 0.717) is 16.1 Å². The van der Waals surface area contributed by atoms with E-state index >= 15 is 0 Å². The second-order valence-corrected chi connectivity index (χ2v) is 7.71. The molecular formula is C17H20N6O2S2. The van der Waals surface area contributed by atoms with Crippen molar-refractivity contribution in [3.05, 3.63) is 40.7 Å². The molecule has 0 fully saturated rings. The Morgan fingerprint density at radius 2 is 2.15 bits per heavy atom. The van der Waals surface area contributed by atoms with Gasteiger partial charge in [0.05, 0.1) is 5.75 Å². The third-order valence-electron chi connectivity index (χ3n) is 4.03. The van der Waals surface area contributed by atoms with Crippen molar-refractivity contribution in [3.63, 3.8) is 0 Å². The minimum absolute atomic E-state index is 0.166. The van der Waals surface area contributed by atoms with Gasteiger partial charge in [-0.1, -0.05) is 35.2 Å². The Hall–Kier alpha value is -2.46. The molecule has 2 heterocycles. The molecule has 1 unspecified atom stereocenters. The van der Waals surface area contributed by atoms with Crippen molar-refractivity contribution in [2.75, 3.05) is 11.1 Å². The zero-order valence-corrected chi connectivity index (χ0v) is 17.1. The number of carbonyl (C=O) groups is 1. The van der Waals surface area contributed by atoms with E-state index in [2.05, 4.69) is 38.7 Å². The van der Waals surface area contributed by atoms with Gasteiger partial charge >= 0.3 is 0 Å². The van der Waals surface area contributed by atoms with Crippen LogP contribution in [0.3, 0.4) is 0 Å². The molecule has 1 aromatic carbocycles. The SMILES string of the molecule is Cc1cccc(OC(C)c2nnc(SCC(=O)Nc3nncs3)n2C)c1C. The van der Waals surface area contributed by atoms with Gasteiger partial charge in [0, 0.05) is 7.05 Å². The van der Waals surface area contributed by atoms with Crippen molar-refractivity contribution in [2.24, 2.45) is 7.05 Å². The van der Waals surface area contributed by atoms with Crippen LogP contribution in [0.4, 0.5) is 5.13 Å². The average Bonchev–Trinajstić information content (AvgIpc) is 3.27. The number of carbonyl (C=O) groups excluding carboxylic acids is 1. The fourth-order valence-electron chi connectivity index (χ4n) is 2.41. The number of amides is 1. The summed E-state index contributed by atoms with van der Waals surface area (Å²) in [5, 5.41) is 19.7. The lowest BCUT2D eigenvalue weighted by Gasteiger charge is -2.16. The Balaban J connectivity index is 1.62. The summed E-state index contributed by atoms with van der Waals surface area (Å²) in [5.41, 5.74) is 3.85. The van der Waals surface area contributed by atoms with Gasteiger partial charge in [-0.15, -0.1) is 20.4 Å². The number of aryl methyl sites for hydroxylation is 1. The van der Waals surface area contributed by atoms with Gasteiger partial charge in [-0.25, -0.2) is 0 Å². The number of thioether (sulfide) groups is 1. The topological polar surface area (TPSA) is 94.8 Å². The first-order valence-electron chi connectivity index (χ1n) is 8.26. The Morgan fingerprint density at radius 3 is 2.89 bits per heavy atom. The molecule has 0 aliphatic rings. The molecule has 142 valence electrons. The van der Waals surface area contributed by atoms with Gasteiger partial charge in [0.25, 0.3) is 0 Å². The van der Waals surface area contributed by atoms with Crippen molar-refractivity contribution in [3.8, 4) is 5.75 Å². The van der Waals surface area contributed by atoms with Crippen molar-refractivity contribution >= 4 is 34.1 Å². The van der Waals surface area contributed by atoms with Crippen molar-refractivity contribution in [1.29, 1.82) is 0 Å². The maximum atomic E-state index is 12.0. The summed E-state index contributed by atoms with van der Waals surface area (Å²) in [6.45, 7) is 6.02. The summed E-state index contributed by atoms with van der Waals surface area (Å²) in [5.74, 6) is 1.57. The highest BCUT2D eigenvalue weighted by molar-refractivity contribution is 7.99.